The third-order valence-electron chi connectivity index (χ3n) is 2.30. The van der Waals surface area contributed by atoms with Gasteiger partial charge in [0.05, 0.1) is 5.69 Å². The zero-order chi connectivity index (χ0) is 14.0. The van der Waals surface area contributed by atoms with Gasteiger partial charge < -0.3 is 10.4 Å². The molecule has 1 heterocycles. The zero-order valence-electron chi connectivity index (χ0n) is 9.32. The van der Waals surface area contributed by atoms with Crippen LogP contribution in [-0.2, 0) is 0 Å². The molecule has 98 valence electrons. The summed E-state index contributed by atoms with van der Waals surface area (Å²) >= 11 is 5.49. The first-order chi connectivity index (χ1) is 8.99. The molecular formula is C12H7BrFIN2O2. The second-order valence-corrected chi connectivity index (χ2v) is 5.68. The Kier molecular flexibility index (Phi) is 4.35. The number of nitrogens with zero attached hydrogens (tertiary/aromatic N) is 1. The molecule has 0 unspecified atom stereocenters. The predicted molar refractivity (Wildman–Crippen MR) is 81.3 cm³/mol. The number of carbonyl (C=O) groups is 1. The minimum absolute atomic E-state index is 0.123. The molecule has 4 nitrogen and oxygen atoms in total. The molecule has 0 radical (unpaired) electrons. The first-order valence-corrected chi connectivity index (χ1v) is 6.96. The van der Waals surface area contributed by atoms with Crippen molar-refractivity contribution in [3.8, 4) is 0 Å². The number of hydrogen-bond acceptors (Lipinski definition) is 3. The van der Waals surface area contributed by atoms with Gasteiger partial charge in [-0.1, -0.05) is 0 Å². The van der Waals surface area contributed by atoms with Crippen LogP contribution in [-0.4, -0.2) is 16.1 Å². The van der Waals surface area contributed by atoms with Gasteiger partial charge in [-0.05, 0) is 62.8 Å². The highest BCUT2D eigenvalue weighted by molar-refractivity contribution is 14.1. The Balaban J connectivity index is 2.38. The molecule has 0 saturated heterocycles. The molecule has 2 N–H and O–H groups in total. The molecule has 0 aliphatic carbocycles. The minimum atomic E-state index is -1.33. The lowest BCUT2D eigenvalue weighted by atomic mass is 10.2. The van der Waals surface area contributed by atoms with Gasteiger partial charge in [-0.25, -0.2) is 14.2 Å². The van der Waals surface area contributed by atoms with Gasteiger partial charge in [0.2, 0.25) is 0 Å². The largest absolute Gasteiger partial charge is 0.478 e. The van der Waals surface area contributed by atoms with Crippen molar-refractivity contribution in [3.05, 3.63) is 49.9 Å². The van der Waals surface area contributed by atoms with Crippen LogP contribution in [0.15, 0.2) is 34.9 Å². The quantitative estimate of drug-likeness (QED) is 0.713. The molecular weight excluding hydrogens is 430 g/mol. The number of anilines is 2. The number of carboxylic acids is 1. The van der Waals surface area contributed by atoms with Crippen molar-refractivity contribution < 1.29 is 14.3 Å². The van der Waals surface area contributed by atoms with E-state index in [0.717, 1.165) is 14.1 Å². The molecule has 1 aromatic heterocycles. The summed E-state index contributed by atoms with van der Waals surface area (Å²) < 4.78 is 15.7. The summed E-state index contributed by atoms with van der Waals surface area (Å²) in [6.07, 6.45) is 1.25. The van der Waals surface area contributed by atoms with Crippen molar-refractivity contribution in [1.82, 2.24) is 4.98 Å². The monoisotopic (exact) mass is 436 g/mol. The summed E-state index contributed by atoms with van der Waals surface area (Å²) in [6.45, 7) is 0. The molecule has 0 bridgehead atoms. The minimum Gasteiger partial charge on any atom is -0.478 e. The third-order valence-corrected chi connectivity index (χ3v) is 3.63. The lowest BCUT2D eigenvalue weighted by molar-refractivity contribution is 0.0692. The normalized spacial score (nSPS) is 10.3. The highest BCUT2D eigenvalue weighted by atomic mass is 127. The van der Waals surface area contributed by atoms with E-state index in [2.05, 4.69) is 48.8 Å². The second kappa shape index (κ2) is 5.83. The average molecular weight is 437 g/mol. The van der Waals surface area contributed by atoms with E-state index in [1.807, 2.05) is 12.1 Å². The second-order valence-electron chi connectivity index (χ2n) is 3.58. The fourth-order valence-corrected chi connectivity index (χ4v) is 2.81. The molecule has 19 heavy (non-hydrogen) atoms. The van der Waals surface area contributed by atoms with E-state index in [-0.39, 0.29) is 5.82 Å². The van der Waals surface area contributed by atoms with Crippen LogP contribution in [0.25, 0.3) is 0 Å². The summed E-state index contributed by atoms with van der Waals surface area (Å²) in [5.41, 5.74) is 0.188. The Morgan fingerprint density at radius 3 is 2.79 bits per heavy atom. The number of pyridine rings is 1. The smallest absolute Gasteiger partial charge is 0.338 e. The van der Waals surface area contributed by atoms with Crippen LogP contribution in [0.2, 0.25) is 0 Å². The number of rotatable bonds is 3. The van der Waals surface area contributed by atoms with E-state index in [1.165, 1.54) is 6.20 Å². The molecule has 0 spiro atoms. The fourth-order valence-electron chi connectivity index (χ4n) is 1.41. The molecule has 0 amide bonds. The van der Waals surface area contributed by atoms with Gasteiger partial charge in [0, 0.05) is 14.2 Å². The summed E-state index contributed by atoms with van der Waals surface area (Å²) in [7, 11) is 0. The molecule has 2 rings (SSSR count). The van der Waals surface area contributed by atoms with Crippen LogP contribution in [0.1, 0.15) is 10.4 Å². The van der Waals surface area contributed by atoms with Crippen LogP contribution in [0.4, 0.5) is 15.9 Å². The number of carboxylic acid groups (broad SMARTS) is 1. The molecule has 2 aromatic rings. The Morgan fingerprint density at radius 2 is 2.16 bits per heavy atom. The van der Waals surface area contributed by atoms with Gasteiger partial charge in [-0.2, -0.15) is 0 Å². The lowest BCUT2D eigenvalue weighted by Crippen LogP contribution is -2.05. The zero-order valence-corrected chi connectivity index (χ0v) is 13.1. The van der Waals surface area contributed by atoms with Crippen molar-refractivity contribution in [2.45, 2.75) is 0 Å². The van der Waals surface area contributed by atoms with Crippen LogP contribution >= 0.6 is 38.5 Å². The molecule has 0 aliphatic rings. The maximum absolute atomic E-state index is 13.9. The Labute approximate surface area is 130 Å². The number of aromatic carboxylic acids is 1. The predicted octanol–water partition coefficient (Wildman–Crippen LogP) is 4.03. The molecule has 0 aliphatic heterocycles. The van der Waals surface area contributed by atoms with Gasteiger partial charge in [-0.3, -0.25) is 0 Å². The number of hydrogen-bond donors (Lipinski definition) is 2. The van der Waals surface area contributed by atoms with E-state index in [1.54, 1.807) is 6.07 Å². The lowest BCUT2D eigenvalue weighted by Gasteiger charge is -2.09. The van der Waals surface area contributed by atoms with Crippen molar-refractivity contribution in [2.75, 3.05) is 5.32 Å². The average Bonchev–Trinajstić information content (AvgIpc) is 2.34. The summed E-state index contributed by atoms with van der Waals surface area (Å²) in [4.78, 5) is 14.6. The van der Waals surface area contributed by atoms with Crippen molar-refractivity contribution >= 4 is 56.0 Å². The van der Waals surface area contributed by atoms with Crippen LogP contribution in [0, 0.1) is 9.39 Å². The number of aromatic nitrogens is 1. The van der Waals surface area contributed by atoms with Crippen molar-refractivity contribution in [3.63, 3.8) is 0 Å². The maximum Gasteiger partial charge on any atom is 0.338 e. The molecule has 1 aromatic carbocycles. The van der Waals surface area contributed by atoms with E-state index in [4.69, 9.17) is 5.11 Å². The van der Waals surface area contributed by atoms with E-state index >= 15 is 0 Å². The summed E-state index contributed by atoms with van der Waals surface area (Å²) in [5, 5.41) is 11.6. The van der Waals surface area contributed by atoms with Crippen LogP contribution < -0.4 is 5.32 Å². The Hall–Kier alpha value is -1.22. The molecule has 7 heteroatoms. The van der Waals surface area contributed by atoms with E-state index < -0.39 is 17.3 Å². The first-order valence-electron chi connectivity index (χ1n) is 5.09. The van der Waals surface area contributed by atoms with E-state index in [9.17, 15) is 9.18 Å². The van der Waals surface area contributed by atoms with Gasteiger partial charge in [0.25, 0.3) is 0 Å². The van der Waals surface area contributed by atoms with Crippen LogP contribution in [0.5, 0.6) is 0 Å². The highest BCUT2D eigenvalue weighted by Crippen LogP contribution is 2.28. The molecule has 0 atom stereocenters. The SMILES string of the molecule is O=C(O)c1ccnc(Nc2ccc(I)cc2Br)c1F. The van der Waals surface area contributed by atoms with Gasteiger partial charge >= 0.3 is 5.97 Å². The molecule has 0 saturated carbocycles. The van der Waals surface area contributed by atoms with Crippen molar-refractivity contribution in [2.24, 2.45) is 0 Å². The highest BCUT2D eigenvalue weighted by Gasteiger charge is 2.15. The van der Waals surface area contributed by atoms with Gasteiger partial charge in [0.15, 0.2) is 11.6 Å². The maximum atomic E-state index is 13.9. The summed E-state index contributed by atoms with van der Waals surface area (Å²) in [5.74, 6) is -2.34. The van der Waals surface area contributed by atoms with Gasteiger partial charge in [-0.15, -0.1) is 0 Å². The molecule has 0 fully saturated rings. The Bertz CT molecular complexity index is 652. The number of halogens is 3. The summed E-state index contributed by atoms with van der Waals surface area (Å²) in [6, 6.07) is 6.56. The Morgan fingerprint density at radius 1 is 1.42 bits per heavy atom. The third kappa shape index (κ3) is 3.21. The van der Waals surface area contributed by atoms with Crippen molar-refractivity contribution in [1.29, 1.82) is 0 Å². The van der Waals surface area contributed by atoms with E-state index in [0.29, 0.717) is 5.69 Å². The standard InChI is InChI=1S/C12H7BrFIN2O2/c13-8-5-6(15)1-2-9(8)17-11-10(14)7(12(18)19)3-4-16-11/h1-5H,(H,16,17)(H,18,19). The number of nitrogens with one attached hydrogen (secondary N) is 1. The van der Waals surface area contributed by atoms with Crippen LogP contribution in [0.3, 0.4) is 0 Å². The fraction of sp³-hybridized carbons (Fsp3) is 0. The van der Waals surface area contributed by atoms with Gasteiger partial charge in [0.1, 0.15) is 5.56 Å². The topological polar surface area (TPSA) is 62.2 Å². The number of benzene rings is 1. The first kappa shape index (κ1) is 14.2.